The Morgan fingerprint density at radius 1 is 1.04 bits per heavy atom. The van der Waals surface area contributed by atoms with Gasteiger partial charge in [0.1, 0.15) is 17.0 Å². The number of hydrogen-bond acceptors (Lipinski definition) is 7. The van der Waals surface area contributed by atoms with E-state index in [0.29, 0.717) is 0 Å². The summed E-state index contributed by atoms with van der Waals surface area (Å²) in [5.74, 6) is 1.07. The van der Waals surface area contributed by atoms with E-state index in [1.807, 2.05) is 6.92 Å². The van der Waals surface area contributed by atoms with Gasteiger partial charge in [-0.1, -0.05) is 0 Å². The van der Waals surface area contributed by atoms with Gasteiger partial charge in [-0.05, 0) is 32.3 Å². The third-order valence-corrected chi connectivity index (χ3v) is 6.38. The number of fused-ring (bicyclic) bond motifs is 3. The summed E-state index contributed by atoms with van der Waals surface area (Å²) in [6.07, 6.45) is 4.46. The van der Waals surface area contributed by atoms with Gasteiger partial charge in [-0.25, -0.2) is 9.97 Å². The fraction of sp³-hybridized carbons (Fsp3) is 0.529. The van der Waals surface area contributed by atoms with Crippen molar-refractivity contribution in [2.24, 2.45) is 0 Å². The highest BCUT2D eigenvalue weighted by atomic mass is 32.1. The van der Waals surface area contributed by atoms with Crippen molar-refractivity contribution in [2.75, 3.05) is 31.1 Å². The van der Waals surface area contributed by atoms with Crippen LogP contribution in [0, 0.1) is 13.8 Å². The highest BCUT2D eigenvalue weighted by Gasteiger charge is 2.32. The first-order chi connectivity index (χ1) is 11.7. The van der Waals surface area contributed by atoms with Crippen LogP contribution in [0.3, 0.4) is 0 Å². The van der Waals surface area contributed by atoms with E-state index in [-0.39, 0.29) is 0 Å². The van der Waals surface area contributed by atoms with Gasteiger partial charge >= 0.3 is 0 Å². The van der Waals surface area contributed by atoms with Gasteiger partial charge in [0.05, 0.1) is 15.9 Å². The zero-order chi connectivity index (χ0) is 16.3. The number of rotatable bonds is 2. The van der Waals surface area contributed by atoms with Gasteiger partial charge in [0.25, 0.3) is 0 Å². The van der Waals surface area contributed by atoms with Gasteiger partial charge in [0, 0.05) is 37.6 Å². The normalized spacial score (nSPS) is 19.5. The molecule has 0 amide bonds. The number of aryl methyl sites for hydroxylation is 2. The summed E-state index contributed by atoms with van der Waals surface area (Å²) in [4.78, 5) is 15.2. The van der Waals surface area contributed by atoms with Crippen LogP contribution in [-0.4, -0.2) is 57.3 Å². The van der Waals surface area contributed by atoms with Gasteiger partial charge in [-0.3, -0.25) is 4.90 Å². The third-order valence-electron chi connectivity index (χ3n) is 5.32. The maximum Gasteiger partial charge on any atom is 0.150 e. The van der Waals surface area contributed by atoms with Gasteiger partial charge in [-0.2, -0.15) is 5.10 Å². The summed E-state index contributed by atoms with van der Waals surface area (Å²) < 4.78 is 1.15. The molecule has 1 aliphatic carbocycles. The molecule has 0 unspecified atom stereocenters. The second kappa shape index (κ2) is 5.32. The molecule has 124 valence electrons. The highest BCUT2D eigenvalue weighted by molar-refractivity contribution is 7.26. The SMILES string of the molecule is Cc1nnc2sc3c(N4CCN(C5CC5)CC4)ncnc3c2c1C. The Balaban J connectivity index is 1.58. The Hall–Kier alpha value is -1.86. The monoisotopic (exact) mass is 340 g/mol. The molecular weight excluding hydrogens is 320 g/mol. The van der Waals surface area contributed by atoms with E-state index < -0.39 is 0 Å². The largest absolute Gasteiger partial charge is 0.353 e. The Morgan fingerprint density at radius 3 is 2.58 bits per heavy atom. The quantitative estimate of drug-likeness (QED) is 0.714. The Kier molecular flexibility index (Phi) is 3.21. The molecule has 5 rings (SSSR count). The lowest BCUT2D eigenvalue weighted by atomic mass is 10.1. The summed E-state index contributed by atoms with van der Waals surface area (Å²) >= 11 is 1.67. The highest BCUT2D eigenvalue weighted by Crippen LogP contribution is 2.38. The number of aromatic nitrogens is 4. The molecule has 0 bridgehead atoms. The average molecular weight is 340 g/mol. The standard InChI is InChI=1S/C17H20N6S/c1-10-11(2)20-21-17-13(10)14-15(24-17)16(19-9-18-14)23-7-5-22(6-8-23)12-3-4-12/h9,12H,3-8H2,1-2H3. The molecule has 2 fully saturated rings. The molecule has 4 heterocycles. The molecule has 2 aliphatic rings. The lowest BCUT2D eigenvalue weighted by Crippen LogP contribution is -2.47. The third kappa shape index (κ3) is 2.18. The van der Waals surface area contributed by atoms with Crippen molar-refractivity contribution in [1.82, 2.24) is 25.1 Å². The topological polar surface area (TPSA) is 58.0 Å². The molecule has 3 aromatic heterocycles. The first-order valence-electron chi connectivity index (χ1n) is 8.58. The number of anilines is 1. The molecule has 3 aromatic rings. The second-order valence-corrected chi connectivity index (χ2v) is 7.82. The maximum atomic E-state index is 4.62. The zero-order valence-corrected chi connectivity index (χ0v) is 14.8. The number of thiophene rings is 1. The molecule has 24 heavy (non-hydrogen) atoms. The smallest absolute Gasteiger partial charge is 0.150 e. The van der Waals surface area contributed by atoms with Crippen molar-refractivity contribution in [1.29, 1.82) is 0 Å². The minimum absolute atomic E-state index is 0.850. The molecule has 0 aromatic carbocycles. The molecule has 6 nitrogen and oxygen atoms in total. The van der Waals surface area contributed by atoms with E-state index >= 15 is 0 Å². The molecular formula is C17H20N6S. The molecule has 0 N–H and O–H groups in total. The van der Waals surface area contributed by atoms with Crippen LogP contribution in [0.15, 0.2) is 6.33 Å². The Morgan fingerprint density at radius 2 is 1.83 bits per heavy atom. The van der Waals surface area contributed by atoms with Crippen LogP contribution < -0.4 is 4.90 Å². The van der Waals surface area contributed by atoms with Crippen LogP contribution in [-0.2, 0) is 0 Å². The van der Waals surface area contributed by atoms with E-state index in [9.17, 15) is 0 Å². The lowest BCUT2D eigenvalue weighted by Gasteiger charge is -2.35. The summed E-state index contributed by atoms with van der Waals surface area (Å²) in [5, 5.41) is 9.80. The molecule has 0 radical (unpaired) electrons. The molecule has 0 spiro atoms. The molecule has 1 saturated carbocycles. The molecule has 0 atom stereocenters. The van der Waals surface area contributed by atoms with Gasteiger partial charge in [0.15, 0.2) is 0 Å². The second-order valence-electron chi connectivity index (χ2n) is 6.82. The number of piperazine rings is 1. The van der Waals surface area contributed by atoms with Crippen molar-refractivity contribution in [3.8, 4) is 0 Å². The van der Waals surface area contributed by atoms with Crippen molar-refractivity contribution < 1.29 is 0 Å². The molecule has 1 saturated heterocycles. The maximum absolute atomic E-state index is 4.62. The van der Waals surface area contributed by atoms with Gasteiger partial charge in [0.2, 0.25) is 0 Å². The number of hydrogen-bond donors (Lipinski definition) is 0. The summed E-state index contributed by atoms with van der Waals surface area (Å²) in [7, 11) is 0. The summed E-state index contributed by atoms with van der Waals surface area (Å²) in [5.41, 5.74) is 3.18. The number of nitrogens with zero attached hydrogens (tertiary/aromatic N) is 6. The zero-order valence-electron chi connectivity index (χ0n) is 14.0. The van der Waals surface area contributed by atoms with Crippen LogP contribution >= 0.6 is 11.3 Å². The van der Waals surface area contributed by atoms with Crippen molar-refractivity contribution in [3.05, 3.63) is 17.6 Å². The van der Waals surface area contributed by atoms with Crippen molar-refractivity contribution in [3.63, 3.8) is 0 Å². The Bertz CT molecular complexity index is 924. The van der Waals surface area contributed by atoms with Crippen LogP contribution in [0.5, 0.6) is 0 Å². The summed E-state index contributed by atoms with van der Waals surface area (Å²) in [6, 6.07) is 0.850. The minimum Gasteiger partial charge on any atom is -0.353 e. The fourth-order valence-corrected chi connectivity index (χ4v) is 4.79. The van der Waals surface area contributed by atoms with Crippen LogP contribution in [0.2, 0.25) is 0 Å². The van der Waals surface area contributed by atoms with E-state index in [4.69, 9.17) is 0 Å². The first kappa shape index (κ1) is 14.5. The minimum atomic E-state index is 0.850. The van der Waals surface area contributed by atoms with E-state index in [2.05, 4.69) is 36.9 Å². The average Bonchev–Trinajstić information content (AvgIpc) is 3.38. The predicted octanol–water partition coefficient (Wildman–Crippen LogP) is 2.54. The van der Waals surface area contributed by atoms with Gasteiger partial charge in [-0.15, -0.1) is 16.4 Å². The van der Waals surface area contributed by atoms with E-state index in [1.54, 1.807) is 17.7 Å². The summed E-state index contributed by atoms with van der Waals surface area (Å²) in [6.45, 7) is 8.47. The van der Waals surface area contributed by atoms with Crippen molar-refractivity contribution >= 4 is 37.6 Å². The molecule has 1 aliphatic heterocycles. The molecule has 7 heteroatoms. The first-order valence-corrected chi connectivity index (χ1v) is 9.40. The van der Waals surface area contributed by atoms with Crippen LogP contribution in [0.4, 0.5) is 5.82 Å². The van der Waals surface area contributed by atoms with E-state index in [1.165, 1.54) is 18.4 Å². The van der Waals surface area contributed by atoms with Crippen LogP contribution in [0.1, 0.15) is 24.1 Å². The lowest BCUT2D eigenvalue weighted by molar-refractivity contribution is 0.248. The van der Waals surface area contributed by atoms with E-state index in [0.717, 1.165) is 64.2 Å². The Labute approximate surface area is 144 Å². The van der Waals surface area contributed by atoms with Gasteiger partial charge < -0.3 is 4.90 Å². The fourth-order valence-electron chi connectivity index (χ4n) is 3.63. The predicted molar refractivity (Wildman–Crippen MR) is 96.8 cm³/mol. The van der Waals surface area contributed by atoms with Crippen molar-refractivity contribution in [2.45, 2.75) is 32.7 Å². The van der Waals surface area contributed by atoms with Crippen LogP contribution in [0.25, 0.3) is 20.4 Å².